The SMILES string of the molecule is F[B-]1(F)n2c(Br)ccc2C(c2cc(Br)ccc2I)=C2C=CC(Br)=[N+]21. The first kappa shape index (κ1) is 17.2. The quantitative estimate of drug-likeness (QED) is 0.271. The first-order valence-corrected chi connectivity index (χ1v) is 10.4. The van der Waals surface area contributed by atoms with Crippen LogP contribution in [0.1, 0.15) is 11.3 Å². The Morgan fingerprint density at radius 2 is 1.79 bits per heavy atom. The first-order valence-electron chi connectivity index (χ1n) is 6.91. The van der Waals surface area contributed by atoms with Crippen molar-refractivity contribution in [3.63, 3.8) is 0 Å². The molecule has 0 saturated carbocycles. The zero-order valence-electron chi connectivity index (χ0n) is 11.8. The van der Waals surface area contributed by atoms with Gasteiger partial charge in [-0.3, -0.25) is 0 Å². The lowest BCUT2D eigenvalue weighted by Gasteiger charge is -2.32. The number of allylic oxidation sites excluding steroid dienone is 2. The molecule has 9 heteroatoms. The van der Waals surface area contributed by atoms with Crippen molar-refractivity contribution in [2.24, 2.45) is 0 Å². The molecule has 2 aliphatic heterocycles. The molecule has 0 fully saturated rings. The Morgan fingerprint density at radius 1 is 1.04 bits per heavy atom. The fraction of sp³-hybridized carbons (Fsp3) is 0. The highest BCUT2D eigenvalue weighted by atomic mass is 127. The first-order chi connectivity index (χ1) is 11.3. The van der Waals surface area contributed by atoms with Crippen LogP contribution in [0.3, 0.4) is 0 Å². The Balaban J connectivity index is 2.14. The average molecular weight is 631 g/mol. The van der Waals surface area contributed by atoms with Gasteiger partial charge in [0.25, 0.3) is 0 Å². The molecule has 1 aromatic heterocycles. The summed E-state index contributed by atoms with van der Waals surface area (Å²) in [4.78, 5) is 0. The number of aromatic nitrogens is 1. The summed E-state index contributed by atoms with van der Waals surface area (Å²) >= 11 is 12.3. The van der Waals surface area contributed by atoms with Crippen LogP contribution in [0.15, 0.2) is 57.3 Å². The van der Waals surface area contributed by atoms with Crippen LogP contribution < -0.4 is 0 Å². The van der Waals surface area contributed by atoms with Crippen molar-refractivity contribution < 1.29 is 13.1 Å². The number of hydrogen-bond acceptors (Lipinski definition) is 0. The van der Waals surface area contributed by atoms with E-state index in [0.29, 0.717) is 20.6 Å². The zero-order valence-corrected chi connectivity index (χ0v) is 18.7. The summed E-state index contributed by atoms with van der Waals surface area (Å²) in [5.74, 6) is 0. The van der Waals surface area contributed by atoms with E-state index in [0.717, 1.165) is 28.1 Å². The lowest BCUT2D eigenvalue weighted by molar-refractivity contribution is -0.358. The van der Waals surface area contributed by atoms with Crippen molar-refractivity contribution in [3.05, 3.63) is 72.1 Å². The molecule has 0 N–H and O–H groups in total. The fourth-order valence-corrected chi connectivity index (χ4v) is 5.20. The van der Waals surface area contributed by atoms with E-state index < -0.39 is 6.97 Å². The maximum absolute atomic E-state index is 15.2. The van der Waals surface area contributed by atoms with Crippen LogP contribution in [0.5, 0.6) is 0 Å². The third-order valence-corrected chi connectivity index (χ3v) is 6.79. The van der Waals surface area contributed by atoms with E-state index in [9.17, 15) is 0 Å². The van der Waals surface area contributed by atoms with Crippen LogP contribution in [0.2, 0.25) is 0 Å². The molecule has 1 aromatic carbocycles. The standard InChI is InChI=1S/C15H7BBr3F2IN2/c17-8-1-2-10(22)9(7-8)15-11-3-5-13(18)23(11)16(20,21)24-12(15)4-6-14(24)19/h1-7H. The largest absolute Gasteiger partial charge is 0.738 e. The van der Waals surface area contributed by atoms with E-state index in [2.05, 4.69) is 70.4 Å². The summed E-state index contributed by atoms with van der Waals surface area (Å²) in [6, 6.07) is 9.27. The molecule has 3 heterocycles. The molecule has 0 radical (unpaired) electrons. The van der Waals surface area contributed by atoms with Gasteiger partial charge in [0.1, 0.15) is 0 Å². The van der Waals surface area contributed by atoms with Crippen LogP contribution in [0.25, 0.3) is 5.57 Å². The lowest BCUT2D eigenvalue weighted by Crippen LogP contribution is -2.50. The molecule has 122 valence electrons. The Kier molecular flexibility index (Phi) is 4.21. The molecule has 0 unspecified atom stereocenters. The van der Waals surface area contributed by atoms with Gasteiger partial charge in [-0.05, 0) is 68.9 Å². The molecular weight excluding hydrogens is 624 g/mol. The Labute approximate surface area is 175 Å². The van der Waals surface area contributed by atoms with Crippen LogP contribution in [-0.2, 0) is 0 Å². The van der Waals surface area contributed by atoms with Gasteiger partial charge in [0.15, 0.2) is 5.70 Å². The smallest absolute Gasteiger partial charge is 0.389 e. The Morgan fingerprint density at radius 3 is 2.54 bits per heavy atom. The number of nitrogens with zero attached hydrogens (tertiary/aromatic N) is 2. The summed E-state index contributed by atoms with van der Waals surface area (Å²) in [7, 11) is 0. The van der Waals surface area contributed by atoms with Gasteiger partial charge in [-0.25, -0.2) is 0 Å². The van der Waals surface area contributed by atoms with Gasteiger partial charge in [-0.15, -0.1) is 0 Å². The van der Waals surface area contributed by atoms with E-state index >= 15 is 8.63 Å². The van der Waals surface area contributed by atoms with Gasteiger partial charge in [0.2, 0.25) is 4.62 Å². The van der Waals surface area contributed by atoms with E-state index in [1.54, 1.807) is 24.3 Å². The molecular formula is C15H7BBr3F2IN2. The van der Waals surface area contributed by atoms with Crippen molar-refractivity contribution in [1.29, 1.82) is 0 Å². The number of halogens is 6. The summed E-state index contributed by atoms with van der Waals surface area (Å²) in [6.45, 7) is -3.98. The molecule has 0 spiro atoms. The Hall–Kier alpha value is -0.255. The van der Waals surface area contributed by atoms with Crippen molar-refractivity contribution in [2.75, 3.05) is 0 Å². The molecule has 0 aliphatic carbocycles. The van der Waals surface area contributed by atoms with Crippen molar-refractivity contribution in [3.8, 4) is 0 Å². The van der Waals surface area contributed by atoms with Gasteiger partial charge in [0.05, 0.1) is 10.2 Å². The highest BCUT2D eigenvalue weighted by molar-refractivity contribution is 14.1. The average Bonchev–Trinajstić information content (AvgIpc) is 3.08. The fourth-order valence-electron chi connectivity index (χ4n) is 3.10. The molecule has 24 heavy (non-hydrogen) atoms. The molecule has 0 bridgehead atoms. The lowest BCUT2D eigenvalue weighted by atomic mass is 9.86. The van der Waals surface area contributed by atoms with Crippen LogP contribution in [0.4, 0.5) is 8.63 Å². The number of hydrogen-bond donors (Lipinski definition) is 0. The van der Waals surface area contributed by atoms with Gasteiger partial charge in [-0.2, -0.15) is 0 Å². The van der Waals surface area contributed by atoms with Gasteiger partial charge < -0.3 is 17.6 Å². The maximum Gasteiger partial charge on any atom is 0.738 e. The molecule has 2 nitrogen and oxygen atoms in total. The topological polar surface area (TPSA) is 7.94 Å². The van der Waals surface area contributed by atoms with Gasteiger partial charge in [-0.1, -0.05) is 15.9 Å². The van der Waals surface area contributed by atoms with E-state index in [1.165, 1.54) is 0 Å². The molecule has 0 saturated heterocycles. The summed E-state index contributed by atoms with van der Waals surface area (Å²) < 4.78 is 35.1. The predicted molar refractivity (Wildman–Crippen MR) is 112 cm³/mol. The second-order valence-corrected chi connectivity index (χ2v) is 9.11. The van der Waals surface area contributed by atoms with Crippen LogP contribution in [-0.4, -0.2) is 20.6 Å². The minimum atomic E-state index is -3.98. The van der Waals surface area contributed by atoms with Crippen LogP contribution in [0, 0.1) is 3.57 Å². The van der Waals surface area contributed by atoms with E-state index in [1.807, 2.05) is 18.2 Å². The molecule has 2 aliphatic rings. The molecule has 0 atom stereocenters. The number of fused-ring (bicyclic) bond motifs is 2. The van der Waals surface area contributed by atoms with Crippen molar-refractivity contribution >= 4 is 87.5 Å². The minimum absolute atomic E-state index is 0.358. The Bertz CT molecular complexity index is 995. The van der Waals surface area contributed by atoms with Crippen molar-refractivity contribution in [2.45, 2.75) is 0 Å². The third-order valence-electron chi connectivity index (χ3n) is 4.07. The molecule has 4 rings (SSSR count). The monoisotopic (exact) mass is 628 g/mol. The van der Waals surface area contributed by atoms with Crippen molar-refractivity contribution in [1.82, 2.24) is 4.48 Å². The normalized spacial score (nSPS) is 18.2. The summed E-state index contributed by atoms with van der Waals surface area (Å²) in [5, 5.41) is 0. The minimum Gasteiger partial charge on any atom is -0.389 e. The summed E-state index contributed by atoms with van der Waals surface area (Å²) in [6.07, 6.45) is 3.40. The predicted octanol–water partition coefficient (Wildman–Crippen LogP) is 5.99. The van der Waals surface area contributed by atoms with Gasteiger partial charge in [0, 0.05) is 47.4 Å². The highest BCUT2D eigenvalue weighted by Crippen LogP contribution is 2.43. The maximum atomic E-state index is 15.2. The number of rotatable bonds is 1. The molecule has 0 amide bonds. The third kappa shape index (κ3) is 2.38. The highest BCUT2D eigenvalue weighted by Gasteiger charge is 2.54. The van der Waals surface area contributed by atoms with E-state index in [4.69, 9.17) is 0 Å². The number of benzene rings is 1. The molecule has 2 aromatic rings. The zero-order chi connectivity index (χ0) is 17.2. The summed E-state index contributed by atoms with van der Waals surface area (Å²) in [5.41, 5.74) is 2.70. The van der Waals surface area contributed by atoms with Gasteiger partial charge >= 0.3 is 6.97 Å². The second-order valence-electron chi connectivity index (χ2n) is 5.41. The van der Waals surface area contributed by atoms with E-state index in [-0.39, 0.29) is 0 Å². The second kappa shape index (κ2) is 5.89. The van der Waals surface area contributed by atoms with Crippen LogP contribution >= 0.6 is 70.4 Å².